The number of fused-ring (bicyclic) bond motifs is 3. The van der Waals surface area contributed by atoms with Gasteiger partial charge in [0.1, 0.15) is 18.1 Å². The van der Waals surface area contributed by atoms with Crippen molar-refractivity contribution in [2.45, 2.75) is 101 Å². The number of carbonyl (C=O) groups is 7. The Labute approximate surface area is 347 Å². The number of imide groups is 1. The molecule has 312 valence electrons. The first-order valence-electron chi connectivity index (χ1n) is 20.4. The molecule has 9 rings (SSSR count). The number of allylic oxidation sites excluding steroid dienone is 2. The predicted molar refractivity (Wildman–Crippen MR) is 220 cm³/mol. The van der Waals surface area contributed by atoms with Crippen molar-refractivity contribution in [3.63, 3.8) is 0 Å². The molecule has 2 aromatic heterocycles. The van der Waals surface area contributed by atoms with E-state index in [0.29, 0.717) is 38.6 Å². The number of aromatic nitrogens is 2. The minimum atomic E-state index is -0.632. The van der Waals surface area contributed by atoms with Gasteiger partial charge in [-0.1, -0.05) is 43.5 Å². The second kappa shape index (κ2) is 18.5. The minimum absolute atomic E-state index is 0.0792. The van der Waals surface area contributed by atoms with Crippen LogP contribution in [-0.4, -0.2) is 76.1 Å². The van der Waals surface area contributed by atoms with Crippen LogP contribution in [0.3, 0.4) is 0 Å². The molecule has 0 radical (unpaired) electrons. The van der Waals surface area contributed by atoms with Crippen LogP contribution in [0.2, 0.25) is 0 Å². The first-order valence-corrected chi connectivity index (χ1v) is 20.4. The number of amides is 8. The highest BCUT2D eigenvalue weighted by Gasteiger charge is 2.35. The number of aryl methyl sites for hydroxylation is 2. The lowest BCUT2D eigenvalue weighted by Crippen LogP contribution is -2.55. The average molecular weight is 816 g/mol. The van der Waals surface area contributed by atoms with E-state index in [1.807, 2.05) is 48.5 Å². The van der Waals surface area contributed by atoms with Gasteiger partial charge in [0.2, 0.25) is 35.4 Å². The Morgan fingerprint density at radius 3 is 1.62 bits per heavy atom. The van der Waals surface area contributed by atoms with Gasteiger partial charge in [-0.25, -0.2) is 4.79 Å². The number of rotatable bonds is 5. The van der Waals surface area contributed by atoms with Crippen molar-refractivity contribution in [1.82, 2.24) is 41.9 Å². The van der Waals surface area contributed by atoms with Gasteiger partial charge >= 0.3 is 6.03 Å². The summed E-state index contributed by atoms with van der Waals surface area (Å²) in [5, 5.41) is 16.0. The third-order valence-electron chi connectivity index (χ3n) is 11.6. The largest absolute Gasteiger partial charge is 0.344 e. The van der Waals surface area contributed by atoms with E-state index >= 15 is 0 Å². The van der Waals surface area contributed by atoms with Crippen LogP contribution in [0.15, 0.2) is 85.5 Å². The van der Waals surface area contributed by atoms with E-state index in [9.17, 15) is 33.6 Å². The van der Waals surface area contributed by atoms with Gasteiger partial charge in [-0.3, -0.25) is 49.0 Å². The van der Waals surface area contributed by atoms with Crippen LogP contribution in [0.1, 0.15) is 91.3 Å². The van der Waals surface area contributed by atoms with Gasteiger partial charge in [0.05, 0.1) is 11.8 Å². The van der Waals surface area contributed by atoms with Crippen LogP contribution < -0.4 is 36.8 Å². The molecule has 0 bridgehead atoms. The highest BCUT2D eigenvalue weighted by atomic mass is 16.2. The van der Waals surface area contributed by atoms with Crippen molar-refractivity contribution in [2.24, 2.45) is 0 Å². The summed E-state index contributed by atoms with van der Waals surface area (Å²) in [5.41, 5.74) is 7.43. The number of hydrogen-bond donors (Lipinski definition) is 6. The number of nitrogens with zero attached hydrogens (tertiary/aromatic N) is 3. The highest BCUT2D eigenvalue weighted by molar-refractivity contribution is 6.03. The fraction of sp³-hybridized carbons (Fsp3) is 0.386. The van der Waals surface area contributed by atoms with E-state index in [0.717, 1.165) is 77.3 Å². The Bertz CT molecular complexity index is 2000. The van der Waals surface area contributed by atoms with E-state index in [-0.39, 0.29) is 53.8 Å². The van der Waals surface area contributed by atoms with Crippen molar-refractivity contribution in [2.75, 3.05) is 11.4 Å². The Morgan fingerprint density at radius 1 is 0.583 bits per heavy atom. The first-order chi connectivity index (χ1) is 28.9. The summed E-state index contributed by atoms with van der Waals surface area (Å²) in [6.45, 7) is 8.07. The number of nitrogens with one attached hydrogen (secondary N) is 6. The standard InChI is InChI=1S/2C15H17N3O2.C14H15N3O3/c2*1-9-4-6-13(15(20)17-9)18-14(19)11-5-7-12-10(11)3-2-8-16-12;18-12-6-5-10(13(19)16-12)15-14(20)17-8-7-9-3-1-2-4-11(9)17/h2*2-3,8,11,13H,1,4-7H2,(H,17,20)(H,18,19);1-4,10H,5-8H2,(H,15,20)(H,16,18,19)/t2*11?,13-;/m10./s1. The Hall–Kier alpha value is -6.71. The molecule has 3 unspecified atom stereocenters. The van der Waals surface area contributed by atoms with Crippen LogP contribution in [0.4, 0.5) is 10.5 Å². The molecule has 6 heterocycles. The molecule has 0 saturated carbocycles. The number of hydrogen-bond acceptors (Lipinski definition) is 9. The third kappa shape index (κ3) is 9.59. The zero-order chi connectivity index (χ0) is 42.3. The summed E-state index contributed by atoms with van der Waals surface area (Å²) in [6.07, 6.45) is 10.7. The SMILES string of the molecule is C=C1CC[C@@H](NC(=O)C2CCc3ncccc32)C(=O)N1.C=C1CC[C@H](NC(=O)C2CCc3ncccc32)C(=O)N1.O=C1CCC(NC(=O)N2CCc3ccccc32)C(=O)N1. The van der Waals surface area contributed by atoms with E-state index in [2.05, 4.69) is 55.0 Å². The molecule has 16 heteroatoms. The quantitative estimate of drug-likeness (QED) is 0.208. The Kier molecular flexibility index (Phi) is 12.8. The fourth-order valence-corrected chi connectivity index (χ4v) is 8.35. The average Bonchev–Trinajstić information content (AvgIpc) is 3.99. The molecular formula is C44H49N9O7. The number of para-hydroxylation sites is 1. The molecule has 4 aliphatic heterocycles. The zero-order valence-corrected chi connectivity index (χ0v) is 33.3. The molecule has 8 amide bonds. The van der Waals surface area contributed by atoms with Crippen LogP contribution in [-0.2, 0) is 48.0 Å². The van der Waals surface area contributed by atoms with E-state index < -0.39 is 24.0 Å². The molecule has 2 aliphatic carbocycles. The minimum Gasteiger partial charge on any atom is -0.344 e. The number of benzene rings is 1. The van der Waals surface area contributed by atoms with E-state index in [1.54, 1.807) is 17.3 Å². The summed E-state index contributed by atoms with van der Waals surface area (Å²) in [4.78, 5) is 93.5. The number of piperidine rings is 3. The van der Waals surface area contributed by atoms with Crippen LogP contribution in [0.5, 0.6) is 0 Å². The van der Waals surface area contributed by atoms with Gasteiger partial charge in [-0.05, 0) is 99.1 Å². The van der Waals surface area contributed by atoms with Gasteiger partial charge in [0, 0.05) is 53.8 Å². The second-order valence-electron chi connectivity index (χ2n) is 15.6. The summed E-state index contributed by atoms with van der Waals surface area (Å²) < 4.78 is 0. The maximum atomic E-state index is 12.4. The van der Waals surface area contributed by atoms with Gasteiger partial charge < -0.3 is 26.6 Å². The smallest absolute Gasteiger partial charge is 0.322 e. The van der Waals surface area contributed by atoms with Crippen molar-refractivity contribution in [3.05, 3.63) is 114 Å². The van der Waals surface area contributed by atoms with Crippen LogP contribution in [0.25, 0.3) is 0 Å². The summed E-state index contributed by atoms with van der Waals surface area (Å²) in [6, 6.07) is 13.5. The lowest BCUT2D eigenvalue weighted by Gasteiger charge is -2.25. The number of urea groups is 1. The monoisotopic (exact) mass is 815 g/mol. The normalized spacial score (nSPS) is 23.8. The molecule has 3 aromatic rings. The molecule has 60 heavy (non-hydrogen) atoms. The highest BCUT2D eigenvalue weighted by Crippen LogP contribution is 2.33. The van der Waals surface area contributed by atoms with Gasteiger partial charge in [0.15, 0.2) is 0 Å². The predicted octanol–water partition coefficient (Wildman–Crippen LogP) is 2.60. The first kappa shape index (κ1) is 41.4. The molecule has 6 N–H and O–H groups in total. The van der Waals surface area contributed by atoms with Crippen molar-refractivity contribution in [1.29, 1.82) is 0 Å². The number of carbonyl (C=O) groups excluding carboxylic acids is 7. The number of pyridine rings is 2. The molecule has 16 nitrogen and oxygen atoms in total. The van der Waals surface area contributed by atoms with Crippen molar-refractivity contribution in [3.8, 4) is 0 Å². The van der Waals surface area contributed by atoms with Crippen molar-refractivity contribution < 1.29 is 33.6 Å². The fourth-order valence-electron chi connectivity index (χ4n) is 8.35. The second-order valence-corrected chi connectivity index (χ2v) is 15.6. The molecule has 3 saturated heterocycles. The van der Waals surface area contributed by atoms with Crippen molar-refractivity contribution >= 4 is 47.2 Å². The number of anilines is 1. The molecule has 6 aliphatic rings. The summed E-state index contributed by atoms with van der Waals surface area (Å²) >= 11 is 0. The van der Waals surface area contributed by atoms with E-state index in [1.165, 1.54) is 0 Å². The third-order valence-corrected chi connectivity index (χ3v) is 11.6. The summed E-state index contributed by atoms with van der Waals surface area (Å²) in [7, 11) is 0. The molecule has 5 atom stereocenters. The molecular weight excluding hydrogens is 767 g/mol. The Balaban J connectivity index is 0.000000136. The van der Waals surface area contributed by atoms with E-state index in [4.69, 9.17) is 0 Å². The maximum absolute atomic E-state index is 12.4. The maximum Gasteiger partial charge on any atom is 0.322 e. The Morgan fingerprint density at radius 2 is 1.08 bits per heavy atom. The molecule has 3 fully saturated rings. The lowest BCUT2D eigenvalue weighted by molar-refractivity contribution is -0.134. The van der Waals surface area contributed by atoms with Gasteiger partial charge in [-0.2, -0.15) is 0 Å². The van der Waals surface area contributed by atoms with Gasteiger partial charge in [-0.15, -0.1) is 0 Å². The van der Waals surface area contributed by atoms with Gasteiger partial charge in [0.25, 0.3) is 0 Å². The lowest BCUT2D eigenvalue weighted by atomic mass is 9.99. The molecule has 0 spiro atoms. The zero-order valence-electron chi connectivity index (χ0n) is 33.3. The van der Waals surface area contributed by atoms with Crippen LogP contribution in [0, 0.1) is 0 Å². The topological polar surface area (TPSA) is 221 Å². The molecule has 1 aromatic carbocycles. The van der Waals surface area contributed by atoms with Crippen LogP contribution >= 0.6 is 0 Å². The summed E-state index contributed by atoms with van der Waals surface area (Å²) in [5.74, 6) is -1.57.